The molecular formula is C24H17N3O4. The SMILES string of the molecule is CCOC(=O)c1c2c3ccccc3nc(-c3ccc([N+](=O)[O-])cc3)c2n2ccccc12. The molecule has 2 aromatic carbocycles. The molecule has 0 aliphatic rings. The van der Waals surface area contributed by atoms with Crippen LogP contribution in [-0.4, -0.2) is 26.9 Å². The summed E-state index contributed by atoms with van der Waals surface area (Å²) in [7, 11) is 0. The first-order chi connectivity index (χ1) is 15.1. The van der Waals surface area contributed by atoms with Gasteiger partial charge in [-0.3, -0.25) is 10.1 Å². The molecule has 0 radical (unpaired) electrons. The highest BCUT2D eigenvalue weighted by atomic mass is 16.6. The highest BCUT2D eigenvalue weighted by molar-refractivity contribution is 6.22. The van der Waals surface area contributed by atoms with E-state index in [1.54, 1.807) is 19.1 Å². The number of nitrogens with zero attached hydrogens (tertiary/aromatic N) is 3. The van der Waals surface area contributed by atoms with Crippen molar-refractivity contribution >= 4 is 39.0 Å². The van der Waals surface area contributed by atoms with Crippen LogP contribution in [0.15, 0.2) is 72.9 Å². The number of nitro benzene ring substituents is 1. The summed E-state index contributed by atoms with van der Waals surface area (Å²) in [5, 5.41) is 12.7. The molecule has 7 nitrogen and oxygen atoms in total. The standard InChI is InChI=1S/C24H17N3O4/c1-2-31-24(28)21-19-9-5-6-14-26(19)23-20(21)17-7-3-4-8-18(17)25-22(23)15-10-12-16(13-11-15)27(29)30/h3-14H,2H2,1H3. The topological polar surface area (TPSA) is 86.7 Å². The smallest absolute Gasteiger partial charge is 0.340 e. The lowest BCUT2D eigenvalue weighted by Gasteiger charge is -2.09. The number of nitro groups is 1. The minimum absolute atomic E-state index is 0.00742. The van der Waals surface area contributed by atoms with Crippen LogP contribution in [0.4, 0.5) is 5.69 Å². The van der Waals surface area contributed by atoms with Crippen molar-refractivity contribution in [3.63, 3.8) is 0 Å². The highest BCUT2D eigenvalue weighted by Crippen LogP contribution is 2.38. The Morgan fingerprint density at radius 1 is 1.06 bits per heavy atom. The van der Waals surface area contributed by atoms with Crippen LogP contribution in [0.3, 0.4) is 0 Å². The minimum Gasteiger partial charge on any atom is -0.462 e. The zero-order chi connectivity index (χ0) is 21.5. The predicted octanol–water partition coefficient (Wildman–Crippen LogP) is 5.39. The van der Waals surface area contributed by atoms with E-state index in [0.29, 0.717) is 11.3 Å². The van der Waals surface area contributed by atoms with E-state index in [1.807, 2.05) is 53.1 Å². The van der Waals surface area contributed by atoms with Crippen LogP contribution in [0, 0.1) is 10.1 Å². The third-order valence-corrected chi connectivity index (χ3v) is 5.30. The van der Waals surface area contributed by atoms with Gasteiger partial charge in [0.25, 0.3) is 5.69 Å². The summed E-state index contributed by atoms with van der Waals surface area (Å²) in [5.74, 6) is -0.396. The normalized spacial score (nSPS) is 11.3. The van der Waals surface area contributed by atoms with Crippen LogP contribution in [0.1, 0.15) is 17.3 Å². The van der Waals surface area contributed by atoms with Gasteiger partial charge in [0, 0.05) is 34.7 Å². The number of ether oxygens (including phenoxy) is 1. The first-order valence-electron chi connectivity index (χ1n) is 9.83. The Labute approximate surface area is 176 Å². The summed E-state index contributed by atoms with van der Waals surface area (Å²) in [6, 6.07) is 19.5. The number of non-ortho nitro benzene ring substituents is 1. The van der Waals surface area contributed by atoms with Gasteiger partial charge in [0.05, 0.1) is 39.3 Å². The first kappa shape index (κ1) is 18.7. The summed E-state index contributed by atoms with van der Waals surface area (Å²) >= 11 is 0. The molecule has 0 fully saturated rings. The van der Waals surface area contributed by atoms with Crippen LogP contribution in [-0.2, 0) is 4.74 Å². The van der Waals surface area contributed by atoms with Gasteiger partial charge in [-0.05, 0) is 37.3 Å². The van der Waals surface area contributed by atoms with Gasteiger partial charge in [-0.15, -0.1) is 0 Å². The summed E-state index contributed by atoms with van der Waals surface area (Å²) in [4.78, 5) is 28.5. The summed E-state index contributed by atoms with van der Waals surface area (Å²) in [6.45, 7) is 2.04. The maximum absolute atomic E-state index is 13.0. The lowest BCUT2D eigenvalue weighted by molar-refractivity contribution is -0.384. The number of aromatic nitrogens is 2. The van der Waals surface area contributed by atoms with E-state index in [0.717, 1.165) is 32.9 Å². The second-order valence-electron chi connectivity index (χ2n) is 7.06. The van der Waals surface area contributed by atoms with E-state index >= 15 is 0 Å². The lowest BCUT2D eigenvalue weighted by atomic mass is 10.0. The Balaban J connectivity index is 1.96. The number of benzene rings is 2. The van der Waals surface area contributed by atoms with E-state index in [-0.39, 0.29) is 12.3 Å². The van der Waals surface area contributed by atoms with E-state index in [9.17, 15) is 14.9 Å². The van der Waals surface area contributed by atoms with E-state index in [4.69, 9.17) is 9.72 Å². The molecule has 0 aliphatic carbocycles. The first-order valence-corrected chi connectivity index (χ1v) is 9.83. The van der Waals surface area contributed by atoms with Crippen molar-refractivity contribution in [3.8, 4) is 11.3 Å². The van der Waals surface area contributed by atoms with Crippen LogP contribution in [0.5, 0.6) is 0 Å². The van der Waals surface area contributed by atoms with Crippen molar-refractivity contribution in [1.29, 1.82) is 0 Å². The van der Waals surface area contributed by atoms with Gasteiger partial charge < -0.3 is 9.14 Å². The molecular weight excluding hydrogens is 394 g/mol. The second-order valence-corrected chi connectivity index (χ2v) is 7.06. The fourth-order valence-electron chi connectivity index (χ4n) is 4.01. The number of pyridine rings is 2. The molecule has 3 heterocycles. The predicted molar refractivity (Wildman–Crippen MR) is 118 cm³/mol. The lowest BCUT2D eigenvalue weighted by Crippen LogP contribution is -2.04. The molecule has 5 aromatic rings. The number of carbonyl (C=O) groups is 1. The van der Waals surface area contributed by atoms with Crippen molar-refractivity contribution < 1.29 is 14.5 Å². The van der Waals surface area contributed by atoms with E-state index in [2.05, 4.69) is 0 Å². The molecule has 0 saturated heterocycles. The maximum atomic E-state index is 13.0. The number of esters is 1. The minimum atomic E-state index is -0.432. The molecule has 0 unspecified atom stereocenters. The molecule has 0 bridgehead atoms. The summed E-state index contributed by atoms with van der Waals surface area (Å²) < 4.78 is 7.32. The van der Waals surface area contributed by atoms with Crippen molar-refractivity contribution in [2.75, 3.05) is 6.61 Å². The van der Waals surface area contributed by atoms with Crippen molar-refractivity contribution in [2.24, 2.45) is 0 Å². The quantitative estimate of drug-likeness (QED) is 0.225. The third-order valence-electron chi connectivity index (χ3n) is 5.30. The molecule has 0 spiro atoms. The molecule has 0 saturated carbocycles. The van der Waals surface area contributed by atoms with Gasteiger partial charge in [0.2, 0.25) is 0 Å². The van der Waals surface area contributed by atoms with Crippen molar-refractivity contribution in [3.05, 3.63) is 88.6 Å². The summed E-state index contributed by atoms with van der Waals surface area (Å²) in [5.41, 5.74) is 4.06. The second kappa shape index (κ2) is 7.21. The average Bonchev–Trinajstić information content (AvgIpc) is 3.14. The van der Waals surface area contributed by atoms with E-state index < -0.39 is 10.9 Å². The van der Waals surface area contributed by atoms with Crippen molar-refractivity contribution in [2.45, 2.75) is 6.92 Å². The molecule has 7 heteroatoms. The van der Waals surface area contributed by atoms with Crippen LogP contribution in [0.2, 0.25) is 0 Å². The Morgan fingerprint density at radius 3 is 2.55 bits per heavy atom. The highest BCUT2D eigenvalue weighted by Gasteiger charge is 2.24. The zero-order valence-electron chi connectivity index (χ0n) is 16.6. The average molecular weight is 411 g/mol. The van der Waals surface area contributed by atoms with Crippen LogP contribution >= 0.6 is 0 Å². The van der Waals surface area contributed by atoms with Gasteiger partial charge in [-0.25, -0.2) is 9.78 Å². The monoisotopic (exact) mass is 411 g/mol. The number of fused-ring (bicyclic) bond motifs is 5. The fourth-order valence-corrected chi connectivity index (χ4v) is 4.01. The Hall–Kier alpha value is -4.26. The van der Waals surface area contributed by atoms with Crippen LogP contribution < -0.4 is 0 Å². The maximum Gasteiger partial charge on any atom is 0.340 e. The van der Waals surface area contributed by atoms with Crippen LogP contribution in [0.25, 0.3) is 38.6 Å². The number of hydrogen-bond acceptors (Lipinski definition) is 5. The summed E-state index contributed by atoms with van der Waals surface area (Å²) in [6.07, 6.45) is 1.88. The number of hydrogen-bond donors (Lipinski definition) is 0. The fraction of sp³-hybridized carbons (Fsp3) is 0.0833. The molecule has 5 rings (SSSR count). The van der Waals surface area contributed by atoms with Gasteiger partial charge >= 0.3 is 5.97 Å². The van der Waals surface area contributed by atoms with Gasteiger partial charge in [-0.2, -0.15) is 0 Å². The van der Waals surface area contributed by atoms with Gasteiger partial charge in [0.1, 0.15) is 0 Å². The molecule has 0 aliphatic heterocycles. The Kier molecular flexibility index (Phi) is 4.36. The molecule has 3 aromatic heterocycles. The Morgan fingerprint density at radius 2 is 1.81 bits per heavy atom. The number of rotatable bonds is 4. The Bertz CT molecular complexity index is 1490. The molecule has 31 heavy (non-hydrogen) atoms. The van der Waals surface area contributed by atoms with E-state index in [1.165, 1.54) is 12.1 Å². The molecule has 0 atom stereocenters. The largest absolute Gasteiger partial charge is 0.462 e. The van der Waals surface area contributed by atoms with Gasteiger partial charge in [-0.1, -0.05) is 24.3 Å². The molecule has 0 amide bonds. The third kappa shape index (κ3) is 2.90. The molecule has 0 N–H and O–H groups in total. The molecule has 152 valence electrons. The van der Waals surface area contributed by atoms with Crippen molar-refractivity contribution in [1.82, 2.24) is 9.38 Å². The number of carbonyl (C=O) groups excluding carboxylic acids is 1. The number of para-hydroxylation sites is 1. The zero-order valence-corrected chi connectivity index (χ0v) is 16.6. The van der Waals surface area contributed by atoms with Gasteiger partial charge in [0.15, 0.2) is 0 Å².